The molecule has 0 bridgehead atoms. The number of fused-ring (bicyclic) bond motifs is 3. The monoisotopic (exact) mass is 819 g/mol. The van der Waals surface area contributed by atoms with Crippen LogP contribution in [0.4, 0.5) is 0 Å². The number of benzene rings is 5. The summed E-state index contributed by atoms with van der Waals surface area (Å²) in [5.74, 6) is 2.87. The van der Waals surface area contributed by atoms with Crippen molar-refractivity contribution >= 4 is 21.8 Å². The van der Waals surface area contributed by atoms with Crippen LogP contribution in [-0.2, 0) is 27.7 Å². The Labute approximate surface area is 299 Å². The molecule has 7 heteroatoms. The molecule has 3 heterocycles. The van der Waals surface area contributed by atoms with Crippen LogP contribution in [0.15, 0.2) is 128 Å². The Morgan fingerprint density at radius 1 is 0.735 bits per heavy atom. The summed E-state index contributed by atoms with van der Waals surface area (Å²) in [6, 6.07) is 43.6. The number of aromatic nitrogens is 4. The van der Waals surface area contributed by atoms with E-state index in [4.69, 9.17) is 9.47 Å². The first-order chi connectivity index (χ1) is 23.5. The van der Waals surface area contributed by atoms with Crippen LogP contribution in [0, 0.1) is 32.9 Å². The normalized spacial score (nSPS) is 11.1. The van der Waals surface area contributed by atoms with Crippen molar-refractivity contribution in [3.63, 3.8) is 0 Å². The van der Waals surface area contributed by atoms with Gasteiger partial charge in [0, 0.05) is 35.0 Å². The van der Waals surface area contributed by atoms with Gasteiger partial charge in [0.25, 0.3) is 0 Å². The first-order valence-electron chi connectivity index (χ1n) is 15.9. The predicted molar refractivity (Wildman–Crippen MR) is 190 cm³/mol. The zero-order valence-corrected chi connectivity index (χ0v) is 29.5. The van der Waals surface area contributed by atoms with Crippen molar-refractivity contribution in [3.8, 4) is 39.9 Å². The Kier molecular flexibility index (Phi) is 8.90. The number of ether oxygens (including phenoxy) is 2. The standard InChI is InChI=1S/C42H32N4O2.Pt/c1-28-18-19-43-41(20-28)46-39-15-8-7-14-37(39)38-17-16-35(24-40(38)46)48-34-13-9-12-33(23-34)45-26-32(25-44-45)42-29(2)21-36(22-30(42)3)47-27-31-10-5-4-6-11-31;/h4-22,25-26H,27H2,1-3H3;/q-2;+2. The van der Waals surface area contributed by atoms with Crippen LogP contribution >= 0.6 is 0 Å². The fourth-order valence-corrected chi connectivity index (χ4v) is 6.35. The van der Waals surface area contributed by atoms with Gasteiger partial charge in [0.2, 0.25) is 0 Å². The molecule has 0 saturated carbocycles. The first kappa shape index (κ1) is 32.1. The molecule has 0 aliphatic heterocycles. The fourth-order valence-electron chi connectivity index (χ4n) is 6.35. The summed E-state index contributed by atoms with van der Waals surface area (Å²) in [6.45, 7) is 6.82. The van der Waals surface area contributed by atoms with Gasteiger partial charge in [-0.2, -0.15) is 17.2 Å². The van der Waals surface area contributed by atoms with Gasteiger partial charge in [0.05, 0.1) is 6.20 Å². The number of hydrogen-bond donors (Lipinski definition) is 0. The Bertz CT molecular complexity index is 2410. The van der Waals surface area contributed by atoms with Crippen LogP contribution in [0.1, 0.15) is 22.3 Å². The van der Waals surface area contributed by atoms with Gasteiger partial charge >= 0.3 is 21.1 Å². The minimum atomic E-state index is 0. The van der Waals surface area contributed by atoms with Crippen molar-refractivity contribution in [2.75, 3.05) is 0 Å². The van der Waals surface area contributed by atoms with Crippen LogP contribution < -0.4 is 9.47 Å². The molecule has 242 valence electrons. The molecule has 0 fully saturated rings. The molecule has 0 amide bonds. The third-order valence-electron chi connectivity index (χ3n) is 8.53. The molecule has 0 radical (unpaired) electrons. The van der Waals surface area contributed by atoms with Crippen LogP contribution in [-0.4, -0.2) is 19.3 Å². The molecular formula is C42H32N4O2Pt. The zero-order valence-electron chi connectivity index (χ0n) is 27.3. The summed E-state index contributed by atoms with van der Waals surface area (Å²) < 4.78 is 16.4. The smallest absolute Gasteiger partial charge is 0.509 e. The summed E-state index contributed by atoms with van der Waals surface area (Å²) in [5.41, 5.74) is 9.45. The number of pyridine rings is 1. The van der Waals surface area contributed by atoms with Crippen LogP contribution in [0.5, 0.6) is 17.2 Å². The van der Waals surface area contributed by atoms with E-state index in [1.165, 1.54) is 0 Å². The van der Waals surface area contributed by atoms with Crippen molar-refractivity contribution in [1.29, 1.82) is 0 Å². The summed E-state index contributed by atoms with van der Waals surface area (Å²) in [4.78, 5) is 4.68. The van der Waals surface area contributed by atoms with Gasteiger partial charge in [0.1, 0.15) is 18.2 Å². The summed E-state index contributed by atoms with van der Waals surface area (Å²) in [5, 5.41) is 6.92. The van der Waals surface area contributed by atoms with E-state index in [9.17, 15) is 0 Å². The molecule has 0 saturated heterocycles. The number of aryl methyl sites for hydroxylation is 3. The molecule has 0 aliphatic rings. The van der Waals surface area contributed by atoms with E-state index in [2.05, 4.69) is 102 Å². The van der Waals surface area contributed by atoms with Crippen LogP contribution in [0.25, 0.3) is 44.4 Å². The van der Waals surface area contributed by atoms with Gasteiger partial charge < -0.3 is 14.0 Å². The second-order valence-corrected chi connectivity index (χ2v) is 12.0. The molecule has 8 rings (SSSR count). The largest absolute Gasteiger partial charge is 2.00 e. The maximum Gasteiger partial charge on any atom is 2.00 e. The molecule has 0 unspecified atom stereocenters. The van der Waals surface area contributed by atoms with Crippen LogP contribution in [0.2, 0.25) is 0 Å². The molecular weight excluding hydrogens is 788 g/mol. The Morgan fingerprint density at radius 3 is 2.33 bits per heavy atom. The quantitative estimate of drug-likeness (QED) is 0.143. The van der Waals surface area contributed by atoms with E-state index >= 15 is 0 Å². The van der Waals surface area contributed by atoms with Crippen molar-refractivity contribution < 1.29 is 30.5 Å². The number of nitrogens with zero attached hydrogens (tertiary/aromatic N) is 4. The number of rotatable bonds is 8. The number of hydrogen-bond acceptors (Lipinski definition) is 4. The number of para-hydroxylation sites is 1. The van der Waals surface area contributed by atoms with E-state index in [0.29, 0.717) is 18.1 Å². The van der Waals surface area contributed by atoms with Crippen molar-refractivity contribution in [3.05, 3.63) is 162 Å². The Hall–Kier alpha value is -5.45. The SMILES string of the molecule is Cc1ccnc(-n2c3[c-]c(Oc4[c-]c(-n5cc(-c6c(C)cc(OCc7ccccc7)cc6C)cn5)ccc4)ccc3c3ccccc32)c1.[Pt+2]. The molecule has 8 aromatic rings. The molecule has 3 aromatic heterocycles. The van der Waals surface area contributed by atoms with E-state index in [0.717, 1.165) is 72.4 Å². The van der Waals surface area contributed by atoms with Gasteiger partial charge in [-0.1, -0.05) is 54.0 Å². The topological polar surface area (TPSA) is 54.1 Å². The molecule has 5 aromatic carbocycles. The van der Waals surface area contributed by atoms with Gasteiger partial charge in [0.15, 0.2) is 0 Å². The molecule has 0 N–H and O–H groups in total. The Balaban J connectivity index is 0.00000378. The van der Waals surface area contributed by atoms with Crippen LogP contribution in [0.3, 0.4) is 0 Å². The zero-order chi connectivity index (χ0) is 32.6. The molecule has 0 aliphatic carbocycles. The second kappa shape index (κ2) is 13.6. The van der Waals surface area contributed by atoms with E-state index in [1.54, 1.807) is 0 Å². The third kappa shape index (κ3) is 6.40. The maximum atomic E-state index is 6.36. The van der Waals surface area contributed by atoms with Crippen molar-refractivity contribution in [2.24, 2.45) is 0 Å². The molecule has 0 atom stereocenters. The molecule has 0 spiro atoms. The second-order valence-electron chi connectivity index (χ2n) is 12.0. The Morgan fingerprint density at radius 2 is 1.51 bits per heavy atom. The average Bonchev–Trinajstić information content (AvgIpc) is 3.71. The average molecular weight is 820 g/mol. The van der Waals surface area contributed by atoms with Gasteiger partial charge in [-0.15, -0.1) is 35.7 Å². The predicted octanol–water partition coefficient (Wildman–Crippen LogP) is 9.93. The van der Waals surface area contributed by atoms with Gasteiger partial charge in [-0.25, -0.2) is 4.98 Å². The van der Waals surface area contributed by atoms with Gasteiger partial charge in [-0.05, 0) is 90.0 Å². The third-order valence-corrected chi connectivity index (χ3v) is 8.53. The molecule has 6 nitrogen and oxygen atoms in total. The molecule has 49 heavy (non-hydrogen) atoms. The maximum absolute atomic E-state index is 6.36. The minimum absolute atomic E-state index is 0. The van der Waals surface area contributed by atoms with E-state index in [1.807, 2.05) is 77.9 Å². The summed E-state index contributed by atoms with van der Waals surface area (Å²) in [7, 11) is 0. The first-order valence-corrected chi connectivity index (χ1v) is 15.9. The van der Waals surface area contributed by atoms with Gasteiger partial charge in [-0.3, -0.25) is 4.68 Å². The summed E-state index contributed by atoms with van der Waals surface area (Å²) in [6.07, 6.45) is 5.76. The van der Waals surface area contributed by atoms with E-state index in [-0.39, 0.29) is 21.1 Å². The fraction of sp³-hybridized carbons (Fsp3) is 0.0952. The van der Waals surface area contributed by atoms with Crippen molar-refractivity contribution in [1.82, 2.24) is 19.3 Å². The van der Waals surface area contributed by atoms with E-state index < -0.39 is 0 Å². The minimum Gasteiger partial charge on any atom is -0.509 e. The van der Waals surface area contributed by atoms with Crippen molar-refractivity contribution in [2.45, 2.75) is 27.4 Å². The summed E-state index contributed by atoms with van der Waals surface area (Å²) >= 11 is 0.